The van der Waals surface area contributed by atoms with Crippen LogP contribution < -0.4 is 5.32 Å². The number of aryl methyl sites for hydroxylation is 2. The topological polar surface area (TPSA) is 39.1 Å². The lowest BCUT2D eigenvalue weighted by Crippen LogP contribution is -2.35. The van der Waals surface area contributed by atoms with Crippen LogP contribution >= 0.6 is 0 Å². The van der Waals surface area contributed by atoms with Crippen molar-refractivity contribution in [3.8, 4) is 0 Å². The molecule has 0 aromatic carbocycles. The lowest BCUT2D eigenvalue weighted by Gasteiger charge is -2.21. The normalized spacial score (nSPS) is 20.9. The van der Waals surface area contributed by atoms with Crippen molar-refractivity contribution < 1.29 is 4.74 Å². The molecule has 0 amide bonds. The largest absolute Gasteiger partial charge is 0.378 e. The van der Waals surface area contributed by atoms with Crippen LogP contribution in [0.4, 0.5) is 0 Å². The SMILES string of the molecule is CCCNC(Cc1cc(C)nn1C)CC1CCCO1. The molecule has 1 aromatic rings. The van der Waals surface area contributed by atoms with Crippen LogP contribution in [0.5, 0.6) is 0 Å². The smallest absolute Gasteiger partial charge is 0.0596 e. The second-order valence-electron chi connectivity index (χ2n) is 5.63. The number of hydrogen-bond acceptors (Lipinski definition) is 3. The molecule has 0 spiro atoms. The Hall–Kier alpha value is -0.870. The molecule has 1 N–H and O–H groups in total. The molecule has 0 bridgehead atoms. The summed E-state index contributed by atoms with van der Waals surface area (Å²) in [6.07, 6.45) is 6.21. The molecular weight excluding hydrogens is 238 g/mol. The standard InChI is InChI=1S/C15H27N3O/c1-4-7-16-13(11-15-6-5-8-19-15)10-14-9-12(2)17-18(14)3/h9,13,15-16H,4-8,10-11H2,1-3H3. The van der Waals surface area contributed by atoms with E-state index in [0.29, 0.717) is 12.1 Å². The lowest BCUT2D eigenvalue weighted by molar-refractivity contribution is 0.0944. The highest BCUT2D eigenvalue weighted by atomic mass is 16.5. The van der Waals surface area contributed by atoms with Crippen LogP contribution in [0.2, 0.25) is 0 Å². The molecule has 0 aliphatic carbocycles. The van der Waals surface area contributed by atoms with E-state index < -0.39 is 0 Å². The summed E-state index contributed by atoms with van der Waals surface area (Å²) in [7, 11) is 2.03. The molecule has 1 aliphatic heterocycles. The molecule has 1 aromatic heterocycles. The van der Waals surface area contributed by atoms with Crippen LogP contribution in [0.3, 0.4) is 0 Å². The zero-order chi connectivity index (χ0) is 13.7. The van der Waals surface area contributed by atoms with Crippen LogP contribution in [0, 0.1) is 6.92 Å². The minimum Gasteiger partial charge on any atom is -0.378 e. The molecular formula is C15H27N3O. The Morgan fingerprint density at radius 1 is 1.58 bits per heavy atom. The molecule has 2 rings (SSSR count). The summed E-state index contributed by atoms with van der Waals surface area (Å²) in [5.41, 5.74) is 2.41. The summed E-state index contributed by atoms with van der Waals surface area (Å²) in [6, 6.07) is 2.69. The average molecular weight is 265 g/mol. The van der Waals surface area contributed by atoms with Gasteiger partial charge in [-0.3, -0.25) is 4.68 Å². The molecule has 2 unspecified atom stereocenters. The van der Waals surface area contributed by atoms with Crippen molar-refractivity contribution in [2.24, 2.45) is 7.05 Å². The van der Waals surface area contributed by atoms with Crippen molar-refractivity contribution >= 4 is 0 Å². The average Bonchev–Trinajstić information content (AvgIpc) is 2.97. The van der Waals surface area contributed by atoms with E-state index in [1.54, 1.807) is 0 Å². The molecule has 19 heavy (non-hydrogen) atoms. The van der Waals surface area contributed by atoms with Gasteiger partial charge in [-0.1, -0.05) is 6.92 Å². The minimum absolute atomic E-state index is 0.448. The first-order chi connectivity index (χ1) is 9.19. The van der Waals surface area contributed by atoms with E-state index in [1.807, 2.05) is 11.7 Å². The van der Waals surface area contributed by atoms with Gasteiger partial charge in [0, 0.05) is 31.8 Å². The second kappa shape index (κ2) is 7.06. The zero-order valence-electron chi connectivity index (χ0n) is 12.5. The first-order valence-corrected chi connectivity index (χ1v) is 7.53. The van der Waals surface area contributed by atoms with Gasteiger partial charge < -0.3 is 10.1 Å². The third kappa shape index (κ3) is 4.32. The number of nitrogens with zero attached hydrogens (tertiary/aromatic N) is 2. The van der Waals surface area contributed by atoms with Gasteiger partial charge in [0.2, 0.25) is 0 Å². The molecule has 0 saturated carbocycles. The first-order valence-electron chi connectivity index (χ1n) is 7.53. The monoisotopic (exact) mass is 265 g/mol. The summed E-state index contributed by atoms with van der Waals surface area (Å²) in [5, 5.41) is 8.09. The number of nitrogens with one attached hydrogen (secondary N) is 1. The summed E-state index contributed by atoms with van der Waals surface area (Å²) in [5.74, 6) is 0. The van der Waals surface area contributed by atoms with Crippen LogP contribution in [0.25, 0.3) is 0 Å². The maximum absolute atomic E-state index is 5.77. The predicted octanol–water partition coefficient (Wildman–Crippen LogP) is 2.21. The molecule has 4 nitrogen and oxygen atoms in total. The van der Waals surface area contributed by atoms with E-state index in [2.05, 4.69) is 30.3 Å². The van der Waals surface area contributed by atoms with E-state index in [9.17, 15) is 0 Å². The highest BCUT2D eigenvalue weighted by Gasteiger charge is 2.21. The quantitative estimate of drug-likeness (QED) is 0.821. The maximum atomic E-state index is 5.77. The molecule has 0 radical (unpaired) electrons. The Kier molecular flexibility index (Phi) is 5.40. The van der Waals surface area contributed by atoms with Crippen molar-refractivity contribution in [3.05, 3.63) is 17.5 Å². The molecule has 4 heteroatoms. The maximum Gasteiger partial charge on any atom is 0.0596 e. The molecule has 1 saturated heterocycles. The van der Waals surface area contributed by atoms with Gasteiger partial charge in [0.15, 0.2) is 0 Å². The highest BCUT2D eigenvalue weighted by molar-refractivity contribution is 5.10. The Morgan fingerprint density at radius 2 is 2.42 bits per heavy atom. The van der Waals surface area contributed by atoms with Gasteiger partial charge in [0.1, 0.15) is 0 Å². The van der Waals surface area contributed by atoms with Gasteiger partial charge in [-0.15, -0.1) is 0 Å². The van der Waals surface area contributed by atoms with Crippen molar-refractivity contribution in [1.29, 1.82) is 0 Å². The van der Waals surface area contributed by atoms with Gasteiger partial charge in [-0.2, -0.15) is 5.10 Å². The Balaban J connectivity index is 1.93. The van der Waals surface area contributed by atoms with E-state index in [4.69, 9.17) is 4.74 Å². The number of aromatic nitrogens is 2. The van der Waals surface area contributed by atoms with Crippen molar-refractivity contribution in [1.82, 2.24) is 15.1 Å². The molecule has 108 valence electrons. The first kappa shape index (κ1) is 14.5. The Labute approximate surface area is 116 Å². The van der Waals surface area contributed by atoms with Crippen molar-refractivity contribution in [2.75, 3.05) is 13.2 Å². The van der Waals surface area contributed by atoms with Gasteiger partial charge in [0.05, 0.1) is 11.8 Å². The fourth-order valence-corrected chi connectivity index (χ4v) is 2.84. The Bertz CT molecular complexity index is 383. The van der Waals surface area contributed by atoms with Gasteiger partial charge in [-0.25, -0.2) is 0 Å². The highest BCUT2D eigenvalue weighted by Crippen LogP contribution is 2.19. The van der Waals surface area contributed by atoms with E-state index in [-0.39, 0.29) is 0 Å². The Morgan fingerprint density at radius 3 is 3.00 bits per heavy atom. The van der Waals surface area contributed by atoms with Crippen LogP contribution in [0.15, 0.2) is 6.07 Å². The van der Waals surface area contributed by atoms with E-state index in [0.717, 1.165) is 31.7 Å². The van der Waals surface area contributed by atoms with Crippen LogP contribution in [-0.2, 0) is 18.2 Å². The van der Waals surface area contributed by atoms with Crippen LogP contribution in [0.1, 0.15) is 44.0 Å². The third-order valence-electron chi connectivity index (χ3n) is 3.81. The second-order valence-corrected chi connectivity index (χ2v) is 5.63. The summed E-state index contributed by atoms with van der Waals surface area (Å²) in [6.45, 7) is 6.28. The minimum atomic E-state index is 0.448. The summed E-state index contributed by atoms with van der Waals surface area (Å²) < 4.78 is 7.78. The molecule has 1 fully saturated rings. The molecule has 2 atom stereocenters. The lowest BCUT2D eigenvalue weighted by atomic mass is 10.0. The van der Waals surface area contributed by atoms with Gasteiger partial charge in [-0.05, 0) is 45.2 Å². The van der Waals surface area contributed by atoms with Crippen molar-refractivity contribution in [3.63, 3.8) is 0 Å². The number of hydrogen-bond donors (Lipinski definition) is 1. The number of ether oxygens (including phenoxy) is 1. The fourth-order valence-electron chi connectivity index (χ4n) is 2.84. The zero-order valence-corrected chi connectivity index (χ0v) is 12.5. The summed E-state index contributed by atoms with van der Waals surface area (Å²) >= 11 is 0. The molecule has 1 aliphatic rings. The third-order valence-corrected chi connectivity index (χ3v) is 3.81. The predicted molar refractivity (Wildman–Crippen MR) is 77.3 cm³/mol. The van der Waals surface area contributed by atoms with Crippen molar-refractivity contribution in [2.45, 2.75) is 58.1 Å². The fraction of sp³-hybridized carbons (Fsp3) is 0.800. The van der Waals surface area contributed by atoms with Crippen LogP contribution in [-0.4, -0.2) is 35.1 Å². The van der Waals surface area contributed by atoms with Gasteiger partial charge >= 0.3 is 0 Å². The number of rotatable bonds is 7. The van der Waals surface area contributed by atoms with E-state index in [1.165, 1.54) is 25.0 Å². The molecule has 2 heterocycles. The van der Waals surface area contributed by atoms with Gasteiger partial charge in [0.25, 0.3) is 0 Å². The summed E-state index contributed by atoms with van der Waals surface area (Å²) in [4.78, 5) is 0. The van der Waals surface area contributed by atoms with E-state index >= 15 is 0 Å².